The Morgan fingerprint density at radius 3 is 2.33 bits per heavy atom. The average Bonchev–Trinajstić information content (AvgIpc) is 3.56. The minimum absolute atomic E-state index is 0.213. The Labute approximate surface area is 255 Å². The molecule has 0 aliphatic carbocycles. The van der Waals surface area contributed by atoms with Crippen molar-refractivity contribution in [2.24, 2.45) is 11.8 Å². The molecule has 3 aliphatic heterocycles. The van der Waals surface area contributed by atoms with Crippen LogP contribution in [0, 0.1) is 25.7 Å². The van der Waals surface area contributed by atoms with Gasteiger partial charge in [0, 0.05) is 30.7 Å². The quantitative estimate of drug-likeness (QED) is 0.315. The molecule has 3 amide bonds. The number of likely N-dealkylation sites (tertiary alicyclic amines) is 1. The van der Waals surface area contributed by atoms with Gasteiger partial charge < -0.3 is 24.5 Å². The molecule has 3 fully saturated rings. The number of hydrogen-bond acceptors (Lipinski definition) is 5. The maximum atomic E-state index is 15.0. The summed E-state index contributed by atoms with van der Waals surface area (Å²) < 4.78 is 6.71. The van der Waals surface area contributed by atoms with E-state index in [1.54, 1.807) is 29.0 Å². The third-order valence-corrected chi connectivity index (χ3v) is 9.85. The maximum absolute atomic E-state index is 15.0. The number of hydrogen-bond donors (Lipinski definition) is 1. The highest BCUT2D eigenvalue weighted by Crippen LogP contribution is 2.61. The van der Waals surface area contributed by atoms with Crippen LogP contribution in [-0.4, -0.2) is 81.9 Å². The van der Waals surface area contributed by atoms with E-state index in [0.717, 1.165) is 16.8 Å². The first-order valence-electron chi connectivity index (χ1n) is 14.3. The molecule has 8 nitrogen and oxygen atoms in total. The highest BCUT2D eigenvalue weighted by molar-refractivity contribution is 9.09. The molecule has 7 atom stereocenters. The Morgan fingerprint density at radius 1 is 1.10 bits per heavy atom. The SMILES string of the molecule is C=CCN(C)C(=O)[C@H]1[C@@H]2OC3(CC2Br)C(C(=O)N(CC=C)c2c(C)cccc2C)N([C@H](CO)c2ccccc2)C(=O)[C@H]13. The normalized spacial score (nSPS) is 28.4. The van der Waals surface area contributed by atoms with E-state index >= 15 is 0 Å². The zero-order valence-corrected chi connectivity index (χ0v) is 25.9. The molecular formula is C33H38BrN3O5. The minimum atomic E-state index is -1.26. The van der Waals surface area contributed by atoms with Gasteiger partial charge in [0.2, 0.25) is 11.8 Å². The van der Waals surface area contributed by atoms with Gasteiger partial charge in [-0.3, -0.25) is 14.4 Å². The molecule has 3 saturated heterocycles. The molecule has 0 aromatic heterocycles. The number of carbonyl (C=O) groups is 3. The first-order chi connectivity index (χ1) is 20.1. The molecule has 2 aromatic rings. The molecule has 3 aliphatic rings. The van der Waals surface area contributed by atoms with Gasteiger partial charge in [-0.25, -0.2) is 0 Å². The number of nitrogens with zero attached hydrogens (tertiary/aromatic N) is 3. The Hall–Kier alpha value is -3.27. The van der Waals surface area contributed by atoms with E-state index < -0.39 is 42.2 Å². The fraction of sp³-hybridized carbons (Fsp3) is 0.424. The molecule has 2 bridgehead atoms. The Morgan fingerprint density at radius 2 is 1.74 bits per heavy atom. The highest BCUT2D eigenvalue weighted by Gasteiger charge is 2.77. The Bertz CT molecular complexity index is 1380. The van der Waals surface area contributed by atoms with Crippen molar-refractivity contribution in [2.75, 3.05) is 31.6 Å². The van der Waals surface area contributed by atoms with Crippen LogP contribution in [-0.2, 0) is 19.1 Å². The molecule has 0 saturated carbocycles. The molecule has 42 heavy (non-hydrogen) atoms. The fourth-order valence-electron chi connectivity index (χ4n) is 7.33. The van der Waals surface area contributed by atoms with E-state index in [4.69, 9.17) is 4.74 Å². The number of halogens is 1. The van der Waals surface area contributed by atoms with Gasteiger partial charge in [-0.1, -0.05) is 76.6 Å². The van der Waals surface area contributed by atoms with Crippen LogP contribution in [0.5, 0.6) is 0 Å². The number of benzene rings is 2. The summed E-state index contributed by atoms with van der Waals surface area (Å²) in [7, 11) is 1.68. The summed E-state index contributed by atoms with van der Waals surface area (Å²) in [6.45, 7) is 11.7. The van der Waals surface area contributed by atoms with Crippen molar-refractivity contribution < 1.29 is 24.2 Å². The molecular weight excluding hydrogens is 598 g/mol. The van der Waals surface area contributed by atoms with Crippen molar-refractivity contribution in [3.8, 4) is 0 Å². The third kappa shape index (κ3) is 4.62. The van der Waals surface area contributed by atoms with E-state index in [2.05, 4.69) is 29.1 Å². The summed E-state index contributed by atoms with van der Waals surface area (Å²) >= 11 is 3.74. The molecule has 9 heteroatoms. The van der Waals surface area contributed by atoms with Gasteiger partial charge >= 0.3 is 0 Å². The second-order valence-corrected chi connectivity index (χ2v) is 12.7. The van der Waals surface area contributed by atoms with Crippen LogP contribution in [0.1, 0.15) is 29.2 Å². The third-order valence-electron chi connectivity index (χ3n) is 9.01. The number of amides is 3. The molecule has 2 aromatic carbocycles. The number of aliphatic hydroxyl groups excluding tert-OH is 1. The molecule has 3 unspecified atom stereocenters. The minimum Gasteiger partial charge on any atom is -0.394 e. The monoisotopic (exact) mass is 635 g/mol. The van der Waals surface area contributed by atoms with Gasteiger partial charge in [0.1, 0.15) is 11.6 Å². The smallest absolute Gasteiger partial charge is 0.253 e. The second-order valence-electron chi connectivity index (χ2n) is 11.5. The zero-order valence-electron chi connectivity index (χ0n) is 24.3. The zero-order chi connectivity index (χ0) is 30.3. The van der Waals surface area contributed by atoms with Crippen LogP contribution < -0.4 is 4.90 Å². The van der Waals surface area contributed by atoms with Gasteiger partial charge in [0.05, 0.1) is 30.6 Å². The number of anilines is 1. The fourth-order valence-corrected chi connectivity index (χ4v) is 8.27. The molecule has 222 valence electrons. The first-order valence-corrected chi connectivity index (χ1v) is 15.2. The van der Waals surface area contributed by atoms with Crippen molar-refractivity contribution in [1.82, 2.24) is 9.80 Å². The number of aliphatic hydroxyl groups is 1. The predicted molar refractivity (Wildman–Crippen MR) is 165 cm³/mol. The average molecular weight is 637 g/mol. The lowest BCUT2D eigenvalue weighted by Gasteiger charge is -2.40. The van der Waals surface area contributed by atoms with Crippen LogP contribution in [0.25, 0.3) is 0 Å². The van der Waals surface area contributed by atoms with Gasteiger partial charge in [-0.15, -0.1) is 13.2 Å². The van der Waals surface area contributed by atoms with E-state index in [9.17, 15) is 19.5 Å². The lowest BCUT2D eigenvalue weighted by molar-refractivity contribution is -0.147. The van der Waals surface area contributed by atoms with E-state index in [0.29, 0.717) is 18.5 Å². The van der Waals surface area contributed by atoms with Gasteiger partial charge in [-0.05, 0) is 37.0 Å². The number of fused-ring (bicyclic) bond motifs is 1. The maximum Gasteiger partial charge on any atom is 0.253 e. The number of ether oxygens (including phenoxy) is 1. The van der Waals surface area contributed by atoms with E-state index in [1.165, 1.54) is 4.90 Å². The van der Waals surface area contributed by atoms with Crippen molar-refractivity contribution >= 4 is 39.3 Å². The summed E-state index contributed by atoms with van der Waals surface area (Å²) in [6.07, 6.45) is 3.10. The summed E-state index contributed by atoms with van der Waals surface area (Å²) in [6, 6.07) is 13.1. The molecule has 1 spiro atoms. The number of para-hydroxylation sites is 1. The molecule has 5 rings (SSSR count). The van der Waals surface area contributed by atoms with E-state index in [1.807, 2.05) is 62.4 Å². The summed E-state index contributed by atoms with van der Waals surface area (Å²) in [5, 5.41) is 10.7. The molecule has 0 radical (unpaired) electrons. The summed E-state index contributed by atoms with van der Waals surface area (Å²) in [5.41, 5.74) is 2.00. The molecule has 1 N–H and O–H groups in total. The Kier molecular flexibility index (Phi) is 8.47. The largest absolute Gasteiger partial charge is 0.394 e. The second kappa shape index (κ2) is 11.8. The topological polar surface area (TPSA) is 90.4 Å². The van der Waals surface area contributed by atoms with Gasteiger partial charge in [0.25, 0.3) is 5.91 Å². The number of carbonyl (C=O) groups excluding carboxylic acids is 3. The van der Waals surface area contributed by atoms with Crippen molar-refractivity contribution in [2.45, 2.75) is 48.9 Å². The van der Waals surface area contributed by atoms with Crippen molar-refractivity contribution in [3.63, 3.8) is 0 Å². The Balaban J connectivity index is 1.69. The summed E-state index contributed by atoms with van der Waals surface area (Å²) in [4.78, 5) is 48.0. The van der Waals surface area contributed by atoms with Gasteiger partial charge in [-0.2, -0.15) is 0 Å². The number of alkyl halides is 1. The van der Waals surface area contributed by atoms with Gasteiger partial charge in [0.15, 0.2) is 0 Å². The van der Waals surface area contributed by atoms with Crippen LogP contribution >= 0.6 is 15.9 Å². The van der Waals surface area contributed by atoms with Crippen LogP contribution in [0.4, 0.5) is 5.69 Å². The lowest BCUT2D eigenvalue weighted by atomic mass is 9.70. The predicted octanol–water partition coefficient (Wildman–Crippen LogP) is 3.95. The van der Waals surface area contributed by atoms with E-state index in [-0.39, 0.29) is 29.1 Å². The lowest BCUT2D eigenvalue weighted by Crippen LogP contribution is -2.58. The van der Waals surface area contributed by atoms with Crippen molar-refractivity contribution in [1.29, 1.82) is 0 Å². The number of rotatable bonds is 10. The van der Waals surface area contributed by atoms with Crippen LogP contribution in [0.3, 0.4) is 0 Å². The van der Waals surface area contributed by atoms with Crippen LogP contribution in [0.2, 0.25) is 0 Å². The molecule has 3 heterocycles. The number of aryl methyl sites for hydroxylation is 2. The van der Waals surface area contributed by atoms with Crippen LogP contribution in [0.15, 0.2) is 73.8 Å². The first kappa shape index (κ1) is 30.2. The summed E-state index contributed by atoms with van der Waals surface area (Å²) in [5.74, 6) is -2.58. The standard InChI is InChI=1S/C33H38BrN3O5/c1-6-16-35(5)30(39)25-26-31(40)37(24(19-38)22-14-9-8-10-15-22)29(33(26)18-23(34)28(25)42-33)32(41)36(17-7-2)27-20(3)12-11-13-21(27)4/h6-15,23-26,28-29,38H,1-2,16-19H2,3-5H3/t23?,24-,25-,26+,28-,29?,33?/m1/s1. The number of likely N-dealkylation sites (N-methyl/N-ethyl adjacent to an activating group) is 1. The highest BCUT2D eigenvalue weighted by atomic mass is 79.9. The van der Waals surface area contributed by atoms with Crippen molar-refractivity contribution in [3.05, 3.63) is 90.5 Å².